The molecule has 1 aromatic carbocycles. The predicted octanol–water partition coefficient (Wildman–Crippen LogP) is -0.237. The van der Waals surface area contributed by atoms with Crippen molar-refractivity contribution < 1.29 is 0 Å². The van der Waals surface area contributed by atoms with Crippen LogP contribution in [0.5, 0.6) is 0 Å². The van der Waals surface area contributed by atoms with Gasteiger partial charge in [-0.05, 0) is 18.1 Å². The molecule has 1 heterocycles. The van der Waals surface area contributed by atoms with Gasteiger partial charge in [0.1, 0.15) is 0 Å². The quantitative estimate of drug-likeness (QED) is 0.269. The van der Waals surface area contributed by atoms with E-state index in [1.165, 1.54) is 11.3 Å². The zero-order valence-electron chi connectivity index (χ0n) is 8.70. The number of benzene rings is 1. The Morgan fingerprint density at radius 3 is 3.07 bits per heavy atom. The van der Waals surface area contributed by atoms with Crippen LogP contribution in [0.4, 0.5) is 5.69 Å². The molecule has 0 saturated carbocycles. The van der Waals surface area contributed by atoms with Crippen molar-refractivity contribution in [2.24, 2.45) is 16.7 Å². The third-order valence-corrected chi connectivity index (χ3v) is 2.69. The van der Waals surface area contributed by atoms with E-state index >= 15 is 0 Å². The first-order valence-corrected chi connectivity index (χ1v) is 4.85. The lowest BCUT2D eigenvalue weighted by molar-refractivity contribution is 0.804. The van der Waals surface area contributed by atoms with E-state index in [0.717, 1.165) is 18.5 Å². The first-order valence-electron chi connectivity index (χ1n) is 4.85. The van der Waals surface area contributed by atoms with Crippen LogP contribution < -0.4 is 22.0 Å². The summed E-state index contributed by atoms with van der Waals surface area (Å²) in [5.74, 6) is 5.48. The molecule has 0 aromatic heterocycles. The molecule has 0 atom stereocenters. The van der Waals surface area contributed by atoms with Gasteiger partial charge in [0, 0.05) is 24.8 Å². The van der Waals surface area contributed by atoms with Crippen molar-refractivity contribution in [3.63, 3.8) is 0 Å². The molecule has 5 N–H and O–H groups in total. The van der Waals surface area contributed by atoms with E-state index in [9.17, 15) is 0 Å². The summed E-state index contributed by atoms with van der Waals surface area (Å²) in [6, 6.07) is 6.10. The highest BCUT2D eigenvalue weighted by Gasteiger charge is 2.16. The molecule has 0 saturated heterocycles. The number of hydrogen-bond donors (Lipinski definition) is 3. The van der Waals surface area contributed by atoms with Crippen LogP contribution in [0.1, 0.15) is 11.1 Å². The molecule has 5 nitrogen and oxygen atoms in total. The van der Waals surface area contributed by atoms with Crippen LogP contribution in [0, 0.1) is 0 Å². The van der Waals surface area contributed by atoms with Crippen molar-refractivity contribution >= 4 is 11.5 Å². The van der Waals surface area contributed by atoms with Crippen molar-refractivity contribution in [3.8, 4) is 0 Å². The zero-order valence-corrected chi connectivity index (χ0v) is 8.70. The molecule has 15 heavy (non-hydrogen) atoms. The van der Waals surface area contributed by atoms with Gasteiger partial charge in [0.05, 0.1) is 0 Å². The van der Waals surface area contributed by atoms with Gasteiger partial charge in [0.15, 0.2) is 5.84 Å². The first kappa shape index (κ1) is 9.79. The van der Waals surface area contributed by atoms with Crippen molar-refractivity contribution in [1.29, 1.82) is 0 Å². The van der Waals surface area contributed by atoms with E-state index < -0.39 is 0 Å². The molecule has 5 heteroatoms. The standard InChI is InChI=1S/C10H15N5/c1-15-5-4-7-2-3-8(6-9(7)15)10(11)13-14-12/h2-3,6,14H,4-5,12H2,1H3,(H2,11,13). The lowest BCUT2D eigenvalue weighted by Crippen LogP contribution is -2.23. The first-order chi connectivity index (χ1) is 7.22. The maximum atomic E-state index is 5.73. The van der Waals surface area contributed by atoms with Crippen LogP contribution in [0.2, 0.25) is 0 Å². The molecule has 0 amide bonds. The van der Waals surface area contributed by atoms with E-state index in [0.29, 0.717) is 5.84 Å². The number of hydrazone groups is 1. The Balaban J connectivity index is 2.37. The molecule has 0 aliphatic carbocycles. The normalized spacial score (nSPS) is 15.3. The van der Waals surface area contributed by atoms with Crippen LogP contribution in [-0.4, -0.2) is 19.4 Å². The molecule has 0 unspecified atom stereocenters. The third-order valence-electron chi connectivity index (χ3n) is 2.69. The monoisotopic (exact) mass is 205 g/mol. The Bertz CT molecular complexity index is 399. The maximum Gasteiger partial charge on any atom is 0.152 e. The summed E-state index contributed by atoms with van der Waals surface area (Å²) in [4.78, 5) is 2.21. The fraction of sp³-hybridized carbons (Fsp3) is 0.300. The highest BCUT2D eigenvalue weighted by molar-refractivity contribution is 5.98. The lowest BCUT2D eigenvalue weighted by atomic mass is 10.1. The fourth-order valence-electron chi connectivity index (χ4n) is 1.83. The minimum absolute atomic E-state index is 0.403. The van der Waals surface area contributed by atoms with Crippen LogP contribution in [0.15, 0.2) is 23.3 Å². The van der Waals surface area contributed by atoms with Gasteiger partial charge in [-0.3, -0.25) is 0 Å². The minimum Gasteiger partial charge on any atom is -0.382 e. The van der Waals surface area contributed by atoms with Gasteiger partial charge in [-0.15, -0.1) is 5.10 Å². The van der Waals surface area contributed by atoms with E-state index in [1.54, 1.807) is 0 Å². The second-order valence-electron chi connectivity index (χ2n) is 3.64. The lowest BCUT2D eigenvalue weighted by Gasteiger charge is -2.12. The van der Waals surface area contributed by atoms with Gasteiger partial charge < -0.3 is 10.6 Å². The second-order valence-corrected chi connectivity index (χ2v) is 3.64. The van der Waals surface area contributed by atoms with E-state index in [2.05, 4.69) is 28.7 Å². The summed E-state index contributed by atoms with van der Waals surface area (Å²) in [5.41, 5.74) is 11.4. The number of amidine groups is 1. The van der Waals surface area contributed by atoms with Crippen molar-refractivity contribution in [3.05, 3.63) is 29.3 Å². The van der Waals surface area contributed by atoms with Crippen LogP contribution in [-0.2, 0) is 6.42 Å². The summed E-state index contributed by atoms with van der Waals surface area (Å²) in [7, 11) is 2.07. The molecule has 80 valence electrons. The van der Waals surface area contributed by atoms with Crippen LogP contribution >= 0.6 is 0 Å². The fourth-order valence-corrected chi connectivity index (χ4v) is 1.83. The van der Waals surface area contributed by atoms with Gasteiger partial charge in [-0.25, -0.2) is 11.4 Å². The number of nitrogens with one attached hydrogen (secondary N) is 1. The highest BCUT2D eigenvalue weighted by Crippen LogP contribution is 2.27. The Kier molecular flexibility index (Phi) is 2.47. The number of nitrogens with two attached hydrogens (primary N) is 2. The van der Waals surface area contributed by atoms with Crippen LogP contribution in [0.3, 0.4) is 0 Å². The van der Waals surface area contributed by atoms with Gasteiger partial charge in [-0.2, -0.15) is 0 Å². The summed E-state index contributed by atoms with van der Waals surface area (Å²) in [6.45, 7) is 1.06. The zero-order chi connectivity index (χ0) is 10.8. The highest BCUT2D eigenvalue weighted by atomic mass is 15.5. The molecule has 2 rings (SSSR count). The van der Waals surface area contributed by atoms with Gasteiger partial charge >= 0.3 is 0 Å². The Labute approximate surface area is 88.7 Å². The van der Waals surface area contributed by atoms with E-state index in [-0.39, 0.29) is 0 Å². The molecule has 1 aromatic rings. The SMILES string of the molecule is CN1CCc2ccc(/C(N)=N/NN)cc21. The Morgan fingerprint density at radius 2 is 2.33 bits per heavy atom. The molecular formula is C10H15N5. The average Bonchev–Trinajstić information content (AvgIpc) is 2.60. The molecular weight excluding hydrogens is 190 g/mol. The molecule has 0 radical (unpaired) electrons. The third kappa shape index (κ3) is 1.73. The minimum atomic E-state index is 0.403. The maximum absolute atomic E-state index is 5.73. The van der Waals surface area contributed by atoms with Crippen molar-refractivity contribution in [1.82, 2.24) is 5.53 Å². The Morgan fingerprint density at radius 1 is 1.53 bits per heavy atom. The summed E-state index contributed by atoms with van der Waals surface area (Å²) >= 11 is 0. The summed E-state index contributed by atoms with van der Waals surface area (Å²) < 4.78 is 0. The van der Waals surface area contributed by atoms with Gasteiger partial charge in [0.25, 0.3) is 0 Å². The van der Waals surface area contributed by atoms with Gasteiger partial charge in [0.2, 0.25) is 0 Å². The largest absolute Gasteiger partial charge is 0.382 e. The van der Waals surface area contributed by atoms with Crippen molar-refractivity contribution in [2.75, 3.05) is 18.5 Å². The number of likely N-dealkylation sites (N-methyl/N-ethyl adjacent to an activating group) is 1. The number of hydrogen-bond acceptors (Lipinski definition) is 4. The molecule has 1 aliphatic rings. The summed E-state index contributed by atoms with van der Waals surface area (Å²) in [6.07, 6.45) is 1.10. The van der Waals surface area contributed by atoms with Crippen LogP contribution in [0.25, 0.3) is 0 Å². The number of anilines is 1. The predicted molar refractivity (Wildman–Crippen MR) is 61.5 cm³/mol. The number of hydrazine groups is 1. The topological polar surface area (TPSA) is 79.7 Å². The number of fused-ring (bicyclic) bond motifs is 1. The number of rotatable bonds is 2. The summed E-state index contributed by atoms with van der Waals surface area (Å²) in [5, 5.41) is 3.75. The van der Waals surface area contributed by atoms with Gasteiger partial charge in [-0.1, -0.05) is 12.1 Å². The smallest absolute Gasteiger partial charge is 0.152 e. The number of nitrogens with zero attached hydrogens (tertiary/aromatic N) is 2. The van der Waals surface area contributed by atoms with E-state index in [1.807, 2.05) is 12.1 Å². The molecule has 0 spiro atoms. The Hall–Kier alpha value is -1.75. The van der Waals surface area contributed by atoms with Crippen molar-refractivity contribution in [2.45, 2.75) is 6.42 Å². The molecule has 0 fully saturated rings. The average molecular weight is 205 g/mol. The molecule has 1 aliphatic heterocycles. The molecule has 0 bridgehead atoms. The van der Waals surface area contributed by atoms with E-state index in [4.69, 9.17) is 11.6 Å². The second kappa shape index (κ2) is 3.78.